The summed E-state index contributed by atoms with van der Waals surface area (Å²) in [5.74, 6) is 0. The molecule has 0 amide bonds. The summed E-state index contributed by atoms with van der Waals surface area (Å²) in [5.41, 5.74) is 1.23. The van der Waals surface area contributed by atoms with Gasteiger partial charge in [0.25, 0.3) is 5.69 Å². The maximum Gasteiger partial charge on any atom is 0.269 e. The normalized spacial score (nSPS) is 12.3. The van der Waals surface area contributed by atoms with E-state index in [-0.39, 0.29) is 5.69 Å². The Morgan fingerprint density at radius 3 is 1.43 bits per heavy atom. The molecule has 4 aromatic rings. The Balaban J connectivity index is 1.99. The van der Waals surface area contributed by atoms with Crippen molar-refractivity contribution in [2.24, 2.45) is 0 Å². The third-order valence-electron chi connectivity index (χ3n) is 5.18. The molecule has 0 aliphatic carbocycles. The minimum absolute atomic E-state index is 0.0137. The summed E-state index contributed by atoms with van der Waals surface area (Å²) < 4.78 is 15.0. The van der Waals surface area contributed by atoms with Gasteiger partial charge in [-0.15, -0.1) is 0 Å². The monoisotopic (exact) mass is 413 g/mol. The number of non-ortho nitro benzene ring substituents is 1. The van der Waals surface area contributed by atoms with Crippen LogP contribution in [-0.4, -0.2) is 4.92 Å². The van der Waals surface area contributed by atoms with Gasteiger partial charge in [-0.1, -0.05) is 103 Å². The fourth-order valence-electron chi connectivity index (χ4n) is 3.77. The van der Waals surface area contributed by atoms with Gasteiger partial charge in [0.05, 0.1) is 10.6 Å². The lowest BCUT2D eigenvalue weighted by molar-refractivity contribution is -0.384. The molecule has 0 N–H and O–H groups in total. The van der Waals surface area contributed by atoms with Crippen molar-refractivity contribution in [3.63, 3.8) is 0 Å². The summed E-state index contributed by atoms with van der Waals surface area (Å²) in [7, 11) is -3.19. The van der Waals surface area contributed by atoms with E-state index in [1.54, 1.807) is 12.1 Å². The summed E-state index contributed by atoms with van der Waals surface area (Å²) >= 11 is 0. The fourth-order valence-corrected chi connectivity index (χ4v) is 7.08. The maximum absolute atomic E-state index is 15.0. The molecule has 1 atom stereocenters. The molecule has 0 bridgehead atoms. The van der Waals surface area contributed by atoms with Crippen LogP contribution in [0.3, 0.4) is 0 Å². The van der Waals surface area contributed by atoms with E-state index in [0.717, 1.165) is 21.7 Å². The summed E-state index contributed by atoms with van der Waals surface area (Å²) in [6.07, 6.45) is 0. The third kappa shape index (κ3) is 3.70. The van der Waals surface area contributed by atoms with Crippen LogP contribution >= 0.6 is 7.14 Å². The highest BCUT2D eigenvalue weighted by atomic mass is 31.2. The van der Waals surface area contributed by atoms with Gasteiger partial charge in [-0.3, -0.25) is 10.1 Å². The Labute approximate surface area is 175 Å². The molecule has 5 heteroatoms. The zero-order valence-electron chi connectivity index (χ0n) is 16.2. The Kier molecular flexibility index (Phi) is 5.60. The smallest absolute Gasteiger partial charge is 0.269 e. The summed E-state index contributed by atoms with van der Waals surface area (Å²) in [6, 6.07) is 35.1. The first kappa shape index (κ1) is 19.8. The lowest BCUT2D eigenvalue weighted by Gasteiger charge is -2.29. The highest BCUT2D eigenvalue weighted by Gasteiger charge is 2.38. The Morgan fingerprint density at radius 2 is 1.00 bits per heavy atom. The Hall–Kier alpha value is -3.49. The predicted octanol–water partition coefficient (Wildman–Crippen LogP) is 5.70. The van der Waals surface area contributed by atoms with E-state index < -0.39 is 17.7 Å². The zero-order chi connectivity index (χ0) is 21.0. The molecule has 148 valence electrons. The summed E-state index contributed by atoms with van der Waals surface area (Å²) in [5, 5.41) is 12.6. The first-order valence-electron chi connectivity index (χ1n) is 9.61. The number of nitro benzene ring substituents is 1. The van der Waals surface area contributed by atoms with Crippen molar-refractivity contribution in [3.8, 4) is 0 Å². The Morgan fingerprint density at radius 1 is 0.600 bits per heavy atom. The molecule has 0 spiro atoms. The molecule has 0 aromatic heterocycles. The van der Waals surface area contributed by atoms with E-state index in [1.165, 1.54) is 12.1 Å². The standard InChI is InChI=1S/C25H20NO3P/c27-26(28)22-18-16-21(17-19-22)25(20-10-4-1-5-11-20)30(29,23-12-6-2-7-13-23)24-14-8-3-9-15-24/h1-19,25H. The molecule has 0 saturated carbocycles. The van der Waals surface area contributed by atoms with Gasteiger partial charge >= 0.3 is 0 Å². The van der Waals surface area contributed by atoms with Crippen molar-refractivity contribution in [1.29, 1.82) is 0 Å². The van der Waals surface area contributed by atoms with Gasteiger partial charge in [-0.25, -0.2) is 0 Å². The quantitative estimate of drug-likeness (QED) is 0.231. The molecule has 0 fully saturated rings. The van der Waals surface area contributed by atoms with Gasteiger partial charge < -0.3 is 4.57 Å². The molecule has 4 aromatic carbocycles. The Bertz CT molecular complexity index is 1130. The van der Waals surface area contributed by atoms with Crippen molar-refractivity contribution in [2.75, 3.05) is 0 Å². The van der Waals surface area contributed by atoms with Crippen molar-refractivity contribution in [1.82, 2.24) is 0 Å². The average molecular weight is 413 g/mol. The van der Waals surface area contributed by atoms with Gasteiger partial charge in [0.1, 0.15) is 0 Å². The van der Waals surface area contributed by atoms with E-state index in [9.17, 15) is 10.1 Å². The van der Waals surface area contributed by atoms with Crippen LogP contribution in [0.1, 0.15) is 16.8 Å². The van der Waals surface area contributed by atoms with Gasteiger partial charge in [0, 0.05) is 22.7 Å². The minimum Gasteiger partial charge on any atom is -0.313 e. The number of hydrogen-bond donors (Lipinski definition) is 0. The first-order chi connectivity index (χ1) is 14.6. The van der Waals surface area contributed by atoms with Gasteiger partial charge in [0.15, 0.2) is 7.14 Å². The molecule has 4 nitrogen and oxygen atoms in total. The fraction of sp³-hybridized carbons (Fsp3) is 0.0400. The lowest BCUT2D eigenvalue weighted by Crippen LogP contribution is -2.22. The zero-order valence-corrected chi connectivity index (χ0v) is 17.1. The van der Waals surface area contributed by atoms with Crippen LogP contribution in [-0.2, 0) is 4.57 Å². The molecular formula is C25H20NO3P. The van der Waals surface area contributed by atoms with Crippen molar-refractivity contribution in [3.05, 3.63) is 137 Å². The number of nitro groups is 1. The van der Waals surface area contributed by atoms with E-state index >= 15 is 4.57 Å². The third-order valence-corrected chi connectivity index (χ3v) is 8.63. The van der Waals surface area contributed by atoms with Crippen LogP contribution in [0.5, 0.6) is 0 Å². The second kappa shape index (κ2) is 8.48. The SMILES string of the molecule is O=[N+]([O-])c1ccc(C(c2ccccc2)P(=O)(c2ccccc2)c2ccccc2)cc1. The van der Waals surface area contributed by atoms with Crippen LogP contribution < -0.4 is 10.6 Å². The topological polar surface area (TPSA) is 60.2 Å². The molecule has 0 radical (unpaired) electrons. The van der Waals surface area contributed by atoms with Crippen LogP contribution in [0, 0.1) is 10.1 Å². The molecule has 4 rings (SSSR count). The molecule has 1 unspecified atom stereocenters. The van der Waals surface area contributed by atoms with E-state index in [0.29, 0.717) is 0 Å². The van der Waals surface area contributed by atoms with E-state index in [4.69, 9.17) is 0 Å². The van der Waals surface area contributed by atoms with E-state index in [2.05, 4.69) is 0 Å². The predicted molar refractivity (Wildman–Crippen MR) is 121 cm³/mol. The van der Waals surface area contributed by atoms with Crippen molar-refractivity contribution >= 4 is 23.4 Å². The largest absolute Gasteiger partial charge is 0.313 e. The first-order valence-corrected chi connectivity index (χ1v) is 11.4. The van der Waals surface area contributed by atoms with Crippen molar-refractivity contribution < 1.29 is 9.49 Å². The van der Waals surface area contributed by atoms with Gasteiger partial charge in [0.2, 0.25) is 0 Å². The minimum atomic E-state index is -3.19. The maximum atomic E-state index is 15.0. The molecule has 30 heavy (non-hydrogen) atoms. The van der Waals surface area contributed by atoms with Crippen LogP contribution in [0.4, 0.5) is 5.69 Å². The van der Waals surface area contributed by atoms with Gasteiger partial charge in [-0.2, -0.15) is 0 Å². The average Bonchev–Trinajstić information content (AvgIpc) is 2.81. The number of benzene rings is 4. The molecule has 0 heterocycles. The van der Waals surface area contributed by atoms with Crippen LogP contribution in [0.25, 0.3) is 0 Å². The number of hydrogen-bond acceptors (Lipinski definition) is 3. The second-order valence-electron chi connectivity index (χ2n) is 6.99. The number of rotatable bonds is 6. The summed E-state index contributed by atoms with van der Waals surface area (Å²) in [4.78, 5) is 10.7. The molecule has 0 aliphatic heterocycles. The van der Waals surface area contributed by atoms with Crippen molar-refractivity contribution in [2.45, 2.75) is 5.66 Å². The summed E-state index contributed by atoms with van der Waals surface area (Å²) in [6.45, 7) is 0. The molecule has 0 aliphatic rings. The lowest BCUT2D eigenvalue weighted by atomic mass is 10.0. The molecule has 0 saturated heterocycles. The van der Waals surface area contributed by atoms with E-state index in [1.807, 2.05) is 91.0 Å². The highest BCUT2D eigenvalue weighted by Crippen LogP contribution is 2.60. The highest BCUT2D eigenvalue weighted by molar-refractivity contribution is 7.79. The van der Waals surface area contributed by atoms with Crippen LogP contribution in [0.15, 0.2) is 115 Å². The number of nitrogens with zero attached hydrogens (tertiary/aromatic N) is 1. The van der Waals surface area contributed by atoms with Gasteiger partial charge in [-0.05, 0) is 11.1 Å². The molecular weight excluding hydrogens is 393 g/mol. The second-order valence-corrected chi connectivity index (χ2v) is 9.86. The van der Waals surface area contributed by atoms with Crippen LogP contribution in [0.2, 0.25) is 0 Å².